The number of nitrogens with zero attached hydrogens (tertiary/aromatic N) is 2. The Hall–Kier alpha value is -2.09. The third-order valence-electron chi connectivity index (χ3n) is 4.14. The van der Waals surface area contributed by atoms with Gasteiger partial charge in [0.2, 0.25) is 11.8 Å². The molecule has 0 spiro atoms. The van der Waals surface area contributed by atoms with Gasteiger partial charge in [-0.05, 0) is 44.0 Å². The van der Waals surface area contributed by atoms with Crippen molar-refractivity contribution in [3.05, 3.63) is 28.7 Å². The maximum absolute atomic E-state index is 12.0. The molecule has 1 heterocycles. The van der Waals surface area contributed by atoms with Gasteiger partial charge in [0, 0.05) is 55.7 Å². The van der Waals surface area contributed by atoms with E-state index in [0.717, 1.165) is 42.6 Å². The summed E-state index contributed by atoms with van der Waals surface area (Å²) in [5.74, 6) is 0.899. The molecule has 8 heteroatoms. The smallest absolute Gasteiger partial charge is 0.226 e. The predicted octanol–water partition coefficient (Wildman–Crippen LogP) is 2.35. The number of amides is 2. The Morgan fingerprint density at radius 1 is 1.26 bits per heavy atom. The van der Waals surface area contributed by atoms with E-state index in [9.17, 15) is 9.59 Å². The second kappa shape index (κ2) is 11.6. The Morgan fingerprint density at radius 3 is 2.70 bits per heavy atom. The molecule has 0 saturated carbocycles. The number of carbonyl (C=O) groups is 2. The molecule has 2 amide bonds. The zero-order valence-corrected chi connectivity index (χ0v) is 17.3. The second-order valence-corrected chi connectivity index (χ2v) is 7.25. The Bertz CT molecular complexity index is 648. The average Bonchev–Trinajstić information content (AvgIpc) is 3.05. The molecule has 7 nitrogen and oxygen atoms in total. The van der Waals surface area contributed by atoms with Gasteiger partial charge in [0.1, 0.15) is 0 Å². The molecule has 2 rings (SSSR count). The summed E-state index contributed by atoms with van der Waals surface area (Å²) in [5, 5.41) is 9.21. The predicted molar refractivity (Wildman–Crippen MR) is 112 cm³/mol. The Balaban J connectivity index is 1.67. The van der Waals surface area contributed by atoms with Crippen LogP contribution < -0.4 is 16.0 Å². The molecule has 0 aromatic heterocycles. The lowest BCUT2D eigenvalue weighted by atomic mass is 10.3. The molecule has 1 aromatic rings. The molecule has 27 heavy (non-hydrogen) atoms. The number of halogens is 1. The van der Waals surface area contributed by atoms with Crippen LogP contribution in [0.25, 0.3) is 0 Å². The van der Waals surface area contributed by atoms with Gasteiger partial charge in [0.05, 0.1) is 0 Å². The molecule has 0 bridgehead atoms. The number of rotatable bonds is 9. The highest BCUT2D eigenvalue weighted by Crippen LogP contribution is 2.14. The lowest BCUT2D eigenvalue weighted by molar-refractivity contribution is -0.127. The summed E-state index contributed by atoms with van der Waals surface area (Å²) in [6, 6.07) is 7.48. The zero-order chi connectivity index (χ0) is 19.5. The number of aliphatic imine (C=N–C) groups is 1. The molecule has 0 unspecified atom stereocenters. The normalized spacial score (nSPS) is 14.4. The van der Waals surface area contributed by atoms with Crippen LogP contribution in [0, 0.1) is 0 Å². The lowest BCUT2D eigenvalue weighted by Crippen LogP contribution is -2.39. The first-order valence-corrected chi connectivity index (χ1v) is 10.2. The van der Waals surface area contributed by atoms with Crippen LogP contribution >= 0.6 is 15.9 Å². The molecule has 3 N–H and O–H groups in total. The van der Waals surface area contributed by atoms with Crippen LogP contribution in [-0.4, -0.2) is 55.4 Å². The summed E-state index contributed by atoms with van der Waals surface area (Å²) < 4.78 is 0.975. The maximum Gasteiger partial charge on any atom is 0.226 e. The van der Waals surface area contributed by atoms with Crippen molar-refractivity contribution >= 4 is 39.4 Å². The van der Waals surface area contributed by atoms with Crippen molar-refractivity contribution in [2.45, 2.75) is 32.6 Å². The quantitative estimate of drug-likeness (QED) is 0.314. The van der Waals surface area contributed by atoms with Gasteiger partial charge in [-0.1, -0.05) is 15.9 Å². The van der Waals surface area contributed by atoms with Gasteiger partial charge in [-0.25, -0.2) is 0 Å². The number of benzene rings is 1. The highest BCUT2D eigenvalue weighted by Gasteiger charge is 2.18. The molecule has 1 aliphatic rings. The van der Waals surface area contributed by atoms with E-state index in [-0.39, 0.29) is 11.8 Å². The van der Waals surface area contributed by atoms with Gasteiger partial charge < -0.3 is 20.9 Å². The maximum atomic E-state index is 12.0. The van der Waals surface area contributed by atoms with Crippen LogP contribution in [0.2, 0.25) is 0 Å². The van der Waals surface area contributed by atoms with Gasteiger partial charge in [-0.2, -0.15) is 0 Å². The topological polar surface area (TPSA) is 85.8 Å². The summed E-state index contributed by atoms with van der Waals surface area (Å²) in [6.45, 7) is 5.52. The zero-order valence-electron chi connectivity index (χ0n) is 15.8. The van der Waals surface area contributed by atoms with E-state index in [0.29, 0.717) is 31.9 Å². The number of likely N-dealkylation sites (tertiary alicyclic amines) is 1. The van der Waals surface area contributed by atoms with Gasteiger partial charge in [-0.3, -0.25) is 14.6 Å². The number of carbonyl (C=O) groups excluding carboxylic acids is 2. The molecule has 0 atom stereocenters. The number of hydrogen-bond donors (Lipinski definition) is 3. The molecular weight excluding hydrogens is 410 g/mol. The van der Waals surface area contributed by atoms with E-state index in [2.05, 4.69) is 36.9 Å². The molecule has 1 saturated heterocycles. The first kappa shape index (κ1) is 21.2. The average molecular weight is 438 g/mol. The summed E-state index contributed by atoms with van der Waals surface area (Å²) in [4.78, 5) is 30.0. The molecular formula is C19H28BrN5O2. The fourth-order valence-electron chi connectivity index (χ4n) is 2.79. The minimum atomic E-state index is -0.0479. The largest absolute Gasteiger partial charge is 0.357 e. The van der Waals surface area contributed by atoms with Crippen molar-refractivity contribution < 1.29 is 9.59 Å². The highest BCUT2D eigenvalue weighted by molar-refractivity contribution is 9.10. The van der Waals surface area contributed by atoms with E-state index in [1.807, 2.05) is 36.1 Å². The van der Waals surface area contributed by atoms with Crippen molar-refractivity contribution in [1.29, 1.82) is 0 Å². The molecule has 148 valence electrons. The van der Waals surface area contributed by atoms with Crippen molar-refractivity contribution in [2.24, 2.45) is 4.99 Å². The second-order valence-electron chi connectivity index (χ2n) is 6.33. The Morgan fingerprint density at radius 2 is 2.04 bits per heavy atom. The van der Waals surface area contributed by atoms with Crippen LogP contribution in [0.1, 0.15) is 32.6 Å². The summed E-state index contributed by atoms with van der Waals surface area (Å²) in [7, 11) is 0. The van der Waals surface area contributed by atoms with E-state index >= 15 is 0 Å². The van der Waals surface area contributed by atoms with Gasteiger partial charge in [0.15, 0.2) is 5.96 Å². The number of hydrogen-bond acceptors (Lipinski definition) is 3. The summed E-state index contributed by atoms with van der Waals surface area (Å²) in [6.07, 6.45) is 2.83. The van der Waals surface area contributed by atoms with Gasteiger partial charge >= 0.3 is 0 Å². The first-order chi connectivity index (χ1) is 13.1. The Kier molecular flexibility index (Phi) is 9.10. The van der Waals surface area contributed by atoms with Crippen LogP contribution in [0.15, 0.2) is 33.7 Å². The third-order valence-corrected chi connectivity index (χ3v) is 4.67. The van der Waals surface area contributed by atoms with Gasteiger partial charge in [0.25, 0.3) is 0 Å². The molecule has 1 aliphatic heterocycles. The van der Waals surface area contributed by atoms with Crippen molar-refractivity contribution in [3.8, 4) is 0 Å². The molecule has 0 radical (unpaired) electrons. The van der Waals surface area contributed by atoms with E-state index in [1.165, 1.54) is 0 Å². The summed E-state index contributed by atoms with van der Waals surface area (Å²) in [5.41, 5.74) is 0.778. The molecule has 1 aromatic carbocycles. The fourth-order valence-corrected chi connectivity index (χ4v) is 3.05. The van der Waals surface area contributed by atoms with Crippen LogP contribution in [-0.2, 0) is 9.59 Å². The monoisotopic (exact) mass is 437 g/mol. The van der Waals surface area contributed by atoms with E-state index < -0.39 is 0 Å². The summed E-state index contributed by atoms with van der Waals surface area (Å²) >= 11 is 3.37. The van der Waals surface area contributed by atoms with Crippen LogP contribution in [0.3, 0.4) is 0 Å². The SMILES string of the molecule is CCNC(=NCCCN1CCCC1=O)NCCC(=O)Nc1ccc(Br)cc1. The van der Waals surface area contributed by atoms with Crippen molar-refractivity contribution in [3.63, 3.8) is 0 Å². The minimum absolute atomic E-state index is 0.0479. The minimum Gasteiger partial charge on any atom is -0.357 e. The van der Waals surface area contributed by atoms with Gasteiger partial charge in [-0.15, -0.1) is 0 Å². The first-order valence-electron chi connectivity index (χ1n) is 9.44. The fraction of sp³-hybridized carbons (Fsp3) is 0.526. The number of anilines is 1. The Labute approximate surface area is 169 Å². The van der Waals surface area contributed by atoms with Crippen molar-refractivity contribution in [1.82, 2.24) is 15.5 Å². The van der Waals surface area contributed by atoms with Crippen molar-refractivity contribution in [2.75, 3.05) is 38.0 Å². The third kappa shape index (κ3) is 7.99. The van der Waals surface area contributed by atoms with Crippen LogP contribution in [0.4, 0.5) is 5.69 Å². The standard InChI is InChI=1S/C19H28BrN5O2/c1-2-21-19(22-11-4-14-25-13-3-5-18(25)27)23-12-10-17(26)24-16-8-6-15(20)7-9-16/h6-9H,2-5,10-14H2,1H3,(H,24,26)(H2,21,22,23). The number of guanidine groups is 1. The number of nitrogens with one attached hydrogen (secondary N) is 3. The molecule has 1 fully saturated rings. The van der Waals surface area contributed by atoms with Crippen LogP contribution in [0.5, 0.6) is 0 Å². The lowest BCUT2D eigenvalue weighted by Gasteiger charge is -2.15. The van der Waals surface area contributed by atoms with E-state index in [1.54, 1.807) is 0 Å². The van der Waals surface area contributed by atoms with E-state index in [4.69, 9.17) is 0 Å². The highest BCUT2D eigenvalue weighted by atomic mass is 79.9. The molecule has 0 aliphatic carbocycles.